The Morgan fingerprint density at radius 2 is 1.91 bits per heavy atom. The predicted octanol–water partition coefficient (Wildman–Crippen LogP) is 3.27. The van der Waals surface area contributed by atoms with E-state index in [1.165, 1.54) is 3.57 Å². The molecule has 0 radical (unpaired) electrons. The first-order valence-electron chi connectivity index (χ1n) is 2.98. The second-order valence-electron chi connectivity index (χ2n) is 2.06. The monoisotopic (exact) mass is 389 g/mol. The summed E-state index contributed by atoms with van der Waals surface area (Å²) in [5.41, 5.74) is 6.64. The van der Waals surface area contributed by atoms with Crippen LogP contribution in [0.15, 0.2) is 21.1 Å². The smallest absolute Gasteiger partial charge is 0.0312 e. The first-order valence-corrected chi connectivity index (χ1v) is 5.65. The molecule has 0 unspecified atom stereocenters. The molecule has 0 aliphatic carbocycles. The van der Waals surface area contributed by atoms with Gasteiger partial charge in [0.25, 0.3) is 0 Å². The van der Waals surface area contributed by atoms with Crippen LogP contribution in [0.3, 0.4) is 0 Å². The van der Waals surface area contributed by atoms with Gasteiger partial charge in [0.2, 0.25) is 0 Å². The largest absolute Gasteiger partial charge is 0.326 e. The minimum atomic E-state index is 0.566. The van der Waals surface area contributed by atoms with E-state index < -0.39 is 0 Å². The predicted molar refractivity (Wildman–Crippen MR) is 62.5 cm³/mol. The van der Waals surface area contributed by atoms with Crippen LogP contribution in [0, 0.1) is 3.57 Å². The molecule has 0 saturated carbocycles. The third-order valence-corrected chi connectivity index (χ3v) is 4.34. The van der Waals surface area contributed by atoms with E-state index >= 15 is 0 Å². The third-order valence-electron chi connectivity index (χ3n) is 1.31. The maximum Gasteiger partial charge on any atom is 0.0312 e. The molecule has 0 aliphatic rings. The summed E-state index contributed by atoms with van der Waals surface area (Å²) < 4.78 is 3.36. The van der Waals surface area contributed by atoms with Crippen molar-refractivity contribution < 1.29 is 0 Å². The Labute approximate surface area is 96.1 Å². The van der Waals surface area contributed by atoms with Crippen LogP contribution in [-0.2, 0) is 6.54 Å². The molecule has 0 atom stereocenters. The van der Waals surface area contributed by atoms with Gasteiger partial charge >= 0.3 is 0 Å². The third kappa shape index (κ3) is 2.40. The maximum absolute atomic E-state index is 5.52. The summed E-state index contributed by atoms with van der Waals surface area (Å²) in [7, 11) is 0. The first-order chi connectivity index (χ1) is 5.15. The number of rotatable bonds is 1. The lowest BCUT2D eigenvalue weighted by atomic mass is 10.2. The Hall–Kier alpha value is 0.870. The maximum atomic E-state index is 5.52. The van der Waals surface area contributed by atoms with Crippen molar-refractivity contribution >= 4 is 54.5 Å². The molecule has 0 aromatic heterocycles. The molecule has 1 aromatic rings. The van der Waals surface area contributed by atoms with Gasteiger partial charge in [-0.05, 0) is 56.2 Å². The van der Waals surface area contributed by atoms with Crippen molar-refractivity contribution in [1.82, 2.24) is 0 Å². The summed E-state index contributed by atoms with van der Waals surface area (Å²) in [5, 5.41) is 0. The van der Waals surface area contributed by atoms with Crippen LogP contribution in [0.5, 0.6) is 0 Å². The molecule has 1 rings (SSSR count). The lowest BCUT2D eigenvalue weighted by molar-refractivity contribution is 1.06. The molecule has 0 amide bonds. The SMILES string of the molecule is NCc1cc(Br)c(I)cc1Br. The molecule has 60 valence electrons. The minimum Gasteiger partial charge on any atom is -0.326 e. The second kappa shape index (κ2) is 4.20. The van der Waals surface area contributed by atoms with Crippen molar-refractivity contribution in [2.24, 2.45) is 5.73 Å². The molecule has 0 bridgehead atoms. The highest BCUT2D eigenvalue weighted by molar-refractivity contribution is 14.1. The van der Waals surface area contributed by atoms with Crippen LogP contribution < -0.4 is 5.73 Å². The fourth-order valence-electron chi connectivity index (χ4n) is 0.720. The number of hydrogen-bond donors (Lipinski definition) is 1. The van der Waals surface area contributed by atoms with Crippen LogP contribution >= 0.6 is 54.5 Å². The fourth-order valence-corrected chi connectivity index (χ4v) is 2.51. The van der Waals surface area contributed by atoms with Gasteiger partial charge in [-0.1, -0.05) is 15.9 Å². The molecule has 1 nitrogen and oxygen atoms in total. The summed E-state index contributed by atoms with van der Waals surface area (Å²) >= 11 is 9.14. The molecule has 0 aliphatic heterocycles. The Bertz CT molecular complexity index is 275. The highest BCUT2D eigenvalue weighted by atomic mass is 127. The standard InChI is InChI=1S/C7H6Br2IN/c8-5-2-7(10)6(9)1-4(5)3-11/h1-2H,3,11H2. The molecule has 1 aromatic carbocycles. The zero-order valence-electron chi connectivity index (χ0n) is 5.57. The number of benzene rings is 1. The average molecular weight is 391 g/mol. The Morgan fingerprint density at radius 3 is 2.45 bits per heavy atom. The molecule has 11 heavy (non-hydrogen) atoms. The van der Waals surface area contributed by atoms with E-state index in [0.717, 1.165) is 14.5 Å². The fraction of sp³-hybridized carbons (Fsp3) is 0.143. The van der Waals surface area contributed by atoms with Crippen molar-refractivity contribution in [1.29, 1.82) is 0 Å². The van der Waals surface area contributed by atoms with Crippen molar-refractivity contribution in [2.45, 2.75) is 6.54 Å². The van der Waals surface area contributed by atoms with Crippen molar-refractivity contribution in [3.8, 4) is 0 Å². The van der Waals surface area contributed by atoms with Crippen LogP contribution in [0.25, 0.3) is 0 Å². The highest BCUT2D eigenvalue weighted by Gasteiger charge is 2.02. The van der Waals surface area contributed by atoms with E-state index in [1.54, 1.807) is 0 Å². The molecule has 0 heterocycles. The number of nitrogens with two attached hydrogens (primary N) is 1. The van der Waals surface area contributed by atoms with Crippen LogP contribution in [-0.4, -0.2) is 0 Å². The lowest BCUT2D eigenvalue weighted by Crippen LogP contribution is -1.97. The van der Waals surface area contributed by atoms with Crippen molar-refractivity contribution in [2.75, 3.05) is 0 Å². The van der Waals surface area contributed by atoms with Crippen molar-refractivity contribution in [3.63, 3.8) is 0 Å². The Balaban J connectivity index is 3.21. The quantitative estimate of drug-likeness (QED) is 0.578. The topological polar surface area (TPSA) is 26.0 Å². The molecule has 0 saturated heterocycles. The van der Waals surface area contributed by atoms with Gasteiger partial charge in [-0.3, -0.25) is 0 Å². The lowest BCUT2D eigenvalue weighted by Gasteiger charge is -2.03. The number of hydrogen-bond acceptors (Lipinski definition) is 1. The minimum absolute atomic E-state index is 0.566. The average Bonchev–Trinajstić information content (AvgIpc) is 1.97. The van der Waals surface area contributed by atoms with Crippen molar-refractivity contribution in [3.05, 3.63) is 30.2 Å². The number of halogens is 3. The van der Waals surface area contributed by atoms with Crippen LogP contribution in [0.4, 0.5) is 0 Å². The van der Waals surface area contributed by atoms with Gasteiger partial charge in [-0.2, -0.15) is 0 Å². The first kappa shape index (κ1) is 9.95. The summed E-state index contributed by atoms with van der Waals surface area (Å²) in [4.78, 5) is 0. The Morgan fingerprint density at radius 1 is 1.27 bits per heavy atom. The van der Waals surface area contributed by atoms with E-state index in [9.17, 15) is 0 Å². The van der Waals surface area contributed by atoms with E-state index in [0.29, 0.717) is 6.54 Å². The molecular formula is C7H6Br2IN. The summed E-state index contributed by atoms with van der Waals surface area (Å²) in [6, 6.07) is 4.08. The zero-order valence-corrected chi connectivity index (χ0v) is 10.9. The van der Waals surface area contributed by atoms with Crippen LogP contribution in [0.2, 0.25) is 0 Å². The van der Waals surface area contributed by atoms with E-state index in [1.807, 2.05) is 12.1 Å². The van der Waals surface area contributed by atoms with Gasteiger partial charge in [0.1, 0.15) is 0 Å². The van der Waals surface area contributed by atoms with E-state index in [2.05, 4.69) is 54.5 Å². The molecule has 0 fully saturated rings. The normalized spacial score (nSPS) is 10.2. The summed E-state index contributed by atoms with van der Waals surface area (Å²) in [6.45, 7) is 0.566. The van der Waals surface area contributed by atoms with Gasteiger partial charge in [0.05, 0.1) is 0 Å². The van der Waals surface area contributed by atoms with E-state index in [4.69, 9.17) is 5.73 Å². The van der Waals surface area contributed by atoms with Crippen LogP contribution in [0.1, 0.15) is 5.56 Å². The van der Waals surface area contributed by atoms with Gasteiger partial charge < -0.3 is 5.73 Å². The van der Waals surface area contributed by atoms with Gasteiger partial charge in [0, 0.05) is 19.1 Å². The molecule has 4 heteroatoms. The van der Waals surface area contributed by atoms with Gasteiger partial charge in [0.15, 0.2) is 0 Å². The van der Waals surface area contributed by atoms with Gasteiger partial charge in [-0.25, -0.2) is 0 Å². The molecule has 2 N–H and O–H groups in total. The highest BCUT2D eigenvalue weighted by Crippen LogP contribution is 2.26. The molecular weight excluding hydrogens is 385 g/mol. The Kier molecular flexibility index (Phi) is 3.80. The van der Waals surface area contributed by atoms with Gasteiger partial charge in [-0.15, -0.1) is 0 Å². The summed E-state index contributed by atoms with van der Waals surface area (Å²) in [6.07, 6.45) is 0. The zero-order chi connectivity index (χ0) is 8.43. The molecule has 0 spiro atoms. The van der Waals surface area contributed by atoms with E-state index in [-0.39, 0.29) is 0 Å². The second-order valence-corrected chi connectivity index (χ2v) is 4.93. The summed E-state index contributed by atoms with van der Waals surface area (Å²) in [5.74, 6) is 0.